The van der Waals surface area contributed by atoms with Crippen molar-refractivity contribution in [1.29, 1.82) is 0 Å². The second kappa shape index (κ2) is 4.88. The molecular weight excluding hydrogens is 270 g/mol. The van der Waals surface area contributed by atoms with Gasteiger partial charge in [-0.15, -0.1) is 0 Å². The topological polar surface area (TPSA) is 131 Å². The van der Waals surface area contributed by atoms with E-state index in [4.69, 9.17) is 4.74 Å². The Hall–Kier alpha value is -3.10. The number of rotatable bonds is 3. The summed E-state index contributed by atoms with van der Waals surface area (Å²) in [7, 11) is 1.24. The van der Waals surface area contributed by atoms with E-state index in [1.165, 1.54) is 7.11 Å². The summed E-state index contributed by atoms with van der Waals surface area (Å²) in [5.74, 6) is -1.18. The fourth-order valence-electron chi connectivity index (χ4n) is 1.62. The van der Waals surface area contributed by atoms with E-state index in [0.717, 1.165) is 18.2 Å². The van der Waals surface area contributed by atoms with Gasteiger partial charge < -0.3 is 15.2 Å². The molecule has 3 N–H and O–H groups in total. The molecular formula is C11H9N3O6. The molecule has 1 aromatic carbocycles. The lowest BCUT2D eigenvalue weighted by Gasteiger charge is -2.06. The number of carbonyl (C=O) groups is 2. The van der Waals surface area contributed by atoms with Crippen LogP contribution in [0.25, 0.3) is 6.08 Å². The van der Waals surface area contributed by atoms with Crippen LogP contribution >= 0.6 is 0 Å². The maximum absolute atomic E-state index is 11.4. The van der Waals surface area contributed by atoms with Crippen molar-refractivity contribution in [3.63, 3.8) is 0 Å². The zero-order valence-electron chi connectivity index (χ0n) is 10.2. The molecule has 2 rings (SSSR count). The van der Waals surface area contributed by atoms with E-state index in [2.05, 4.69) is 5.32 Å². The highest BCUT2D eigenvalue weighted by Crippen LogP contribution is 2.35. The molecule has 9 heteroatoms. The third-order valence-corrected chi connectivity index (χ3v) is 2.54. The number of aromatic hydroxyl groups is 1. The number of ether oxygens (including phenoxy) is 1. The van der Waals surface area contributed by atoms with E-state index in [0.29, 0.717) is 0 Å². The van der Waals surface area contributed by atoms with Crippen molar-refractivity contribution in [2.24, 2.45) is 0 Å². The number of carbonyl (C=O) groups excluding carboxylic acids is 2. The molecule has 9 nitrogen and oxygen atoms in total. The van der Waals surface area contributed by atoms with Crippen LogP contribution in [0.3, 0.4) is 0 Å². The van der Waals surface area contributed by atoms with E-state index < -0.39 is 16.9 Å². The van der Waals surface area contributed by atoms with Gasteiger partial charge in [-0.3, -0.25) is 20.2 Å². The standard InChI is InChI=1S/C11H9N3O6/c1-20-8-4-6(14(18)19)2-5(9(8)15)3-7-10(16)13-11(17)12-7/h2-4,15H,1H3,(H2,12,13,16,17)/b7-3-. The van der Waals surface area contributed by atoms with Crippen molar-refractivity contribution in [3.05, 3.63) is 33.5 Å². The van der Waals surface area contributed by atoms with Crippen LogP contribution in [-0.2, 0) is 4.79 Å². The molecule has 0 aromatic heterocycles. The fraction of sp³-hybridized carbons (Fsp3) is 0.0909. The van der Waals surface area contributed by atoms with Crippen LogP contribution in [0.1, 0.15) is 5.56 Å². The molecule has 0 saturated carbocycles. The summed E-state index contributed by atoms with van der Waals surface area (Å²) in [6.45, 7) is 0. The zero-order chi connectivity index (χ0) is 14.9. The lowest BCUT2D eigenvalue weighted by atomic mass is 10.1. The summed E-state index contributed by atoms with van der Waals surface area (Å²) >= 11 is 0. The van der Waals surface area contributed by atoms with E-state index in [1.54, 1.807) is 0 Å². The average Bonchev–Trinajstić information content (AvgIpc) is 2.70. The van der Waals surface area contributed by atoms with Gasteiger partial charge in [-0.25, -0.2) is 4.79 Å². The Morgan fingerprint density at radius 1 is 1.35 bits per heavy atom. The number of urea groups is 1. The SMILES string of the molecule is COc1cc([N+](=O)[O-])cc(/C=C2\NC(=O)NC2=O)c1O. The first-order chi connectivity index (χ1) is 9.42. The van der Waals surface area contributed by atoms with Gasteiger partial charge in [-0.1, -0.05) is 0 Å². The first-order valence-electron chi connectivity index (χ1n) is 5.32. The first-order valence-corrected chi connectivity index (χ1v) is 5.32. The maximum atomic E-state index is 11.4. The minimum atomic E-state index is -0.710. The van der Waals surface area contributed by atoms with E-state index in [9.17, 15) is 24.8 Å². The van der Waals surface area contributed by atoms with Crippen LogP contribution in [0.2, 0.25) is 0 Å². The zero-order valence-corrected chi connectivity index (χ0v) is 10.2. The summed E-state index contributed by atoms with van der Waals surface area (Å²) in [5, 5.41) is 24.8. The molecule has 104 valence electrons. The number of benzene rings is 1. The van der Waals surface area contributed by atoms with E-state index >= 15 is 0 Å². The van der Waals surface area contributed by atoms with Crippen LogP contribution < -0.4 is 15.4 Å². The van der Waals surface area contributed by atoms with Gasteiger partial charge in [0.05, 0.1) is 18.1 Å². The van der Waals surface area contributed by atoms with Crippen molar-refractivity contribution in [2.75, 3.05) is 7.11 Å². The molecule has 0 spiro atoms. The molecule has 0 aliphatic carbocycles. The second-order valence-corrected chi connectivity index (χ2v) is 3.81. The molecule has 1 heterocycles. The summed E-state index contributed by atoms with van der Waals surface area (Å²) in [4.78, 5) is 32.4. The summed E-state index contributed by atoms with van der Waals surface area (Å²) in [6.07, 6.45) is 1.12. The number of hydrogen-bond donors (Lipinski definition) is 3. The normalized spacial score (nSPS) is 15.9. The number of nitro benzene ring substituents is 1. The number of non-ortho nitro benzene ring substituents is 1. The number of nitrogens with zero attached hydrogens (tertiary/aromatic N) is 1. The van der Waals surface area contributed by atoms with Crippen LogP contribution in [0.4, 0.5) is 10.5 Å². The molecule has 1 saturated heterocycles. The quantitative estimate of drug-likeness (QED) is 0.319. The Morgan fingerprint density at radius 3 is 2.55 bits per heavy atom. The molecule has 1 aliphatic rings. The molecule has 3 amide bonds. The van der Waals surface area contributed by atoms with Gasteiger partial charge in [0.1, 0.15) is 5.70 Å². The Kier molecular flexibility index (Phi) is 3.25. The third-order valence-electron chi connectivity index (χ3n) is 2.54. The predicted molar refractivity (Wildman–Crippen MR) is 66.0 cm³/mol. The summed E-state index contributed by atoms with van der Waals surface area (Å²) < 4.78 is 4.82. The molecule has 1 aromatic rings. The Labute approximate surface area is 112 Å². The van der Waals surface area contributed by atoms with Crippen LogP contribution in [0.5, 0.6) is 11.5 Å². The van der Waals surface area contributed by atoms with Gasteiger partial charge in [0, 0.05) is 11.6 Å². The minimum absolute atomic E-state index is 0.0246. The molecule has 20 heavy (non-hydrogen) atoms. The van der Waals surface area contributed by atoms with Gasteiger partial charge in [0.25, 0.3) is 11.6 Å². The van der Waals surface area contributed by atoms with E-state index in [1.807, 2.05) is 5.32 Å². The average molecular weight is 279 g/mol. The highest BCUT2D eigenvalue weighted by atomic mass is 16.6. The first kappa shape index (κ1) is 13.3. The number of phenols is 1. The molecule has 0 unspecified atom stereocenters. The van der Waals surface area contributed by atoms with Crippen molar-refractivity contribution < 1.29 is 24.4 Å². The Bertz CT molecular complexity index is 652. The van der Waals surface area contributed by atoms with Crippen LogP contribution in [-0.4, -0.2) is 29.1 Å². The number of nitro groups is 1. The van der Waals surface area contributed by atoms with Gasteiger partial charge in [-0.2, -0.15) is 0 Å². The van der Waals surface area contributed by atoms with Gasteiger partial charge in [0.15, 0.2) is 11.5 Å². The number of phenolic OH excluding ortho intramolecular Hbond substituents is 1. The number of nitrogens with one attached hydrogen (secondary N) is 2. The predicted octanol–water partition coefficient (Wildman–Crippen LogP) is 0.489. The maximum Gasteiger partial charge on any atom is 0.326 e. The monoisotopic (exact) mass is 279 g/mol. The van der Waals surface area contributed by atoms with Crippen molar-refractivity contribution in [2.45, 2.75) is 0 Å². The summed E-state index contributed by atoms with van der Waals surface area (Å²) in [6, 6.07) is 1.39. The third kappa shape index (κ3) is 2.36. The lowest BCUT2D eigenvalue weighted by molar-refractivity contribution is -0.385. The minimum Gasteiger partial charge on any atom is -0.504 e. The highest BCUT2D eigenvalue weighted by Gasteiger charge is 2.24. The lowest BCUT2D eigenvalue weighted by Crippen LogP contribution is -2.22. The van der Waals surface area contributed by atoms with Crippen molar-refractivity contribution in [3.8, 4) is 11.5 Å². The number of imide groups is 1. The molecule has 0 bridgehead atoms. The Balaban J connectivity index is 2.53. The van der Waals surface area contributed by atoms with Crippen molar-refractivity contribution in [1.82, 2.24) is 10.6 Å². The second-order valence-electron chi connectivity index (χ2n) is 3.81. The highest BCUT2D eigenvalue weighted by molar-refractivity contribution is 6.14. The molecule has 1 aliphatic heterocycles. The molecule has 0 radical (unpaired) electrons. The van der Waals surface area contributed by atoms with Gasteiger partial charge in [0.2, 0.25) is 0 Å². The largest absolute Gasteiger partial charge is 0.504 e. The fourth-order valence-corrected chi connectivity index (χ4v) is 1.62. The van der Waals surface area contributed by atoms with Crippen LogP contribution in [0.15, 0.2) is 17.8 Å². The van der Waals surface area contributed by atoms with Gasteiger partial charge >= 0.3 is 6.03 Å². The molecule has 1 fully saturated rings. The molecule has 0 atom stereocenters. The van der Waals surface area contributed by atoms with E-state index in [-0.39, 0.29) is 28.4 Å². The van der Waals surface area contributed by atoms with Gasteiger partial charge in [-0.05, 0) is 6.08 Å². The summed E-state index contributed by atoms with van der Waals surface area (Å²) in [5.41, 5.74) is -0.479. The van der Waals surface area contributed by atoms with Crippen LogP contribution in [0, 0.1) is 10.1 Å². The van der Waals surface area contributed by atoms with Crippen molar-refractivity contribution >= 4 is 23.7 Å². The number of hydrogen-bond acceptors (Lipinski definition) is 6. The number of methoxy groups -OCH3 is 1. The Morgan fingerprint density at radius 2 is 2.05 bits per heavy atom. The number of amides is 3. The smallest absolute Gasteiger partial charge is 0.326 e.